The average molecular weight is 301 g/mol. The first-order valence-electron chi connectivity index (χ1n) is 5.72. The number of rotatable bonds is 3. The van der Waals surface area contributed by atoms with E-state index in [4.69, 9.17) is 0 Å². The van der Waals surface area contributed by atoms with E-state index in [2.05, 4.69) is 5.32 Å². The van der Waals surface area contributed by atoms with E-state index in [1.54, 1.807) is 0 Å². The maximum absolute atomic E-state index is 13.1. The quantitative estimate of drug-likeness (QED) is 0.831. The SMILES string of the molecule is Fc1cc(CNC2(C(F)(F)F)CC2)cc(C(F)(F)F)c1. The summed E-state index contributed by atoms with van der Waals surface area (Å²) in [6.45, 7) is -0.472. The molecule has 0 amide bonds. The molecule has 0 radical (unpaired) electrons. The van der Waals surface area contributed by atoms with Gasteiger partial charge in [0.05, 0.1) is 5.56 Å². The van der Waals surface area contributed by atoms with Gasteiger partial charge in [-0.15, -0.1) is 0 Å². The number of hydrogen-bond acceptors (Lipinski definition) is 1. The Morgan fingerprint density at radius 2 is 1.60 bits per heavy atom. The third-order valence-electron chi connectivity index (χ3n) is 3.21. The molecule has 0 unspecified atom stereocenters. The Labute approximate surface area is 109 Å². The predicted octanol–water partition coefficient (Wildman–Crippen LogP) is 4.03. The van der Waals surface area contributed by atoms with Crippen LogP contribution in [0.4, 0.5) is 30.7 Å². The van der Waals surface area contributed by atoms with Gasteiger partial charge in [0.15, 0.2) is 0 Å². The average Bonchev–Trinajstić information content (AvgIpc) is 3.04. The van der Waals surface area contributed by atoms with Crippen molar-refractivity contribution < 1.29 is 30.7 Å². The number of hydrogen-bond donors (Lipinski definition) is 1. The van der Waals surface area contributed by atoms with E-state index in [-0.39, 0.29) is 18.4 Å². The highest BCUT2D eigenvalue weighted by Gasteiger charge is 2.62. The van der Waals surface area contributed by atoms with Crippen molar-refractivity contribution in [3.8, 4) is 0 Å². The zero-order chi connectivity index (χ0) is 15.2. The zero-order valence-electron chi connectivity index (χ0n) is 10.00. The van der Waals surface area contributed by atoms with Crippen LogP contribution in [0.3, 0.4) is 0 Å². The third-order valence-corrected chi connectivity index (χ3v) is 3.21. The summed E-state index contributed by atoms with van der Waals surface area (Å²) < 4.78 is 88.3. The lowest BCUT2D eigenvalue weighted by Crippen LogP contribution is -2.44. The van der Waals surface area contributed by atoms with Gasteiger partial charge in [-0.05, 0) is 36.6 Å². The minimum atomic E-state index is -4.74. The maximum atomic E-state index is 13.1. The van der Waals surface area contributed by atoms with Crippen molar-refractivity contribution in [3.05, 3.63) is 35.1 Å². The van der Waals surface area contributed by atoms with E-state index < -0.39 is 35.8 Å². The molecule has 0 bridgehead atoms. The summed E-state index contributed by atoms with van der Waals surface area (Å²) in [5.41, 5.74) is -3.43. The van der Waals surface area contributed by atoms with E-state index in [9.17, 15) is 30.7 Å². The topological polar surface area (TPSA) is 12.0 Å². The van der Waals surface area contributed by atoms with Crippen LogP contribution in [0, 0.1) is 5.82 Å². The summed E-state index contributed by atoms with van der Waals surface area (Å²) in [4.78, 5) is 0. The summed E-state index contributed by atoms with van der Waals surface area (Å²) in [5.74, 6) is -1.13. The van der Waals surface area contributed by atoms with Crippen molar-refractivity contribution in [2.45, 2.75) is 37.3 Å². The van der Waals surface area contributed by atoms with E-state index in [1.807, 2.05) is 0 Å². The van der Waals surface area contributed by atoms with Gasteiger partial charge >= 0.3 is 12.4 Å². The van der Waals surface area contributed by atoms with Gasteiger partial charge in [0, 0.05) is 6.54 Å². The van der Waals surface area contributed by atoms with Crippen molar-refractivity contribution in [2.75, 3.05) is 0 Å². The first kappa shape index (κ1) is 15.1. The lowest BCUT2D eigenvalue weighted by atomic mass is 10.1. The van der Waals surface area contributed by atoms with Crippen LogP contribution in [0.1, 0.15) is 24.0 Å². The molecule has 0 aromatic heterocycles. The summed E-state index contributed by atoms with van der Waals surface area (Å²) in [6, 6.07) is 1.73. The number of halogens is 7. The first-order valence-corrected chi connectivity index (χ1v) is 5.72. The van der Waals surface area contributed by atoms with Crippen molar-refractivity contribution in [2.24, 2.45) is 0 Å². The van der Waals surface area contributed by atoms with Crippen LogP contribution in [0.5, 0.6) is 0 Å². The molecule has 0 saturated heterocycles. The number of benzene rings is 1. The van der Waals surface area contributed by atoms with Crippen molar-refractivity contribution >= 4 is 0 Å². The smallest absolute Gasteiger partial charge is 0.299 e. The summed E-state index contributed by atoms with van der Waals surface area (Å²) in [5, 5.41) is 2.17. The molecule has 112 valence electrons. The highest BCUT2D eigenvalue weighted by Crippen LogP contribution is 2.49. The van der Waals surface area contributed by atoms with Crippen LogP contribution in [0.25, 0.3) is 0 Å². The molecular weight excluding hydrogens is 291 g/mol. The fourth-order valence-corrected chi connectivity index (χ4v) is 1.87. The Hall–Kier alpha value is -1.31. The lowest BCUT2D eigenvalue weighted by molar-refractivity contribution is -0.166. The van der Waals surface area contributed by atoms with Crippen molar-refractivity contribution in [1.29, 1.82) is 0 Å². The molecule has 2 rings (SSSR count). The Bertz CT molecular complexity index is 500. The number of nitrogens with one attached hydrogen (secondary N) is 1. The van der Waals surface area contributed by atoms with Crippen LogP contribution in [0.15, 0.2) is 18.2 Å². The van der Waals surface area contributed by atoms with Crippen LogP contribution in [-0.4, -0.2) is 11.7 Å². The highest BCUT2D eigenvalue weighted by atomic mass is 19.4. The number of alkyl halides is 6. The predicted molar refractivity (Wildman–Crippen MR) is 56.3 cm³/mol. The van der Waals surface area contributed by atoms with Gasteiger partial charge in [0.2, 0.25) is 0 Å². The molecule has 0 heterocycles. The van der Waals surface area contributed by atoms with E-state index >= 15 is 0 Å². The van der Waals surface area contributed by atoms with E-state index in [0.717, 1.165) is 6.07 Å². The fraction of sp³-hybridized carbons (Fsp3) is 0.500. The molecule has 0 spiro atoms. The molecule has 1 nitrogen and oxygen atoms in total. The van der Waals surface area contributed by atoms with Gasteiger partial charge in [-0.25, -0.2) is 4.39 Å². The monoisotopic (exact) mass is 301 g/mol. The Kier molecular flexibility index (Phi) is 3.48. The second-order valence-corrected chi connectivity index (χ2v) is 4.78. The van der Waals surface area contributed by atoms with Crippen LogP contribution < -0.4 is 5.32 Å². The summed E-state index contributed by atoms with van der Waals surface area (Å²) in [7, 11) is 0. The molecule has 0 atom stereocenters. The minimum absolute atomic E-state index is 0.127. The zero-order valence-corrected chi connectivity index (χ0v) is 10.00. The summed E-state index contributed by atoms with van der Waals surface area (Å²) in [6.07, 6.45) is -9.46. The van der Waals surface area contributed by atoms with Gasteiger partial charge in [-0.2, -0.15) is 26.3 Å². The molecule has 8 heteroatoms. The molecular formula is C12H10F7N. The van der Waals surface area contributed by atoms with Crippen LogP contribution >= 0.6 is 0 Å². The normalized spacial score (nSPS) is 18.1. The van der Waals surface area contributed by atoms with Gasteiger partial charge in [-0.1, -0.05) is 0 Å². The first-order chi connectivity index (χ1) is 9.03. The second-order valence-electron chi connectivity index (χ2n) is 4.78. The van der Waals surface area contributed by atoms with Gasteiger partial charge < -0.3 is 0 Å². The van der Waals surface area contributed by atoms with E-state index in [0.29, 0.717) is 12.1 Å². The van der Waals surface area contributed by atoms with Gasteiger partial charge in [0.1, 0.15) is 11.4 Å². The van der Waals surface area contributed by atoms with Crippen molar-refractivity contribution in [1.82, 2.24) is 5.32 Å². The molecule has 0 aliphatic heterocycles. The molecule has 1 aromatic carbocycles. The highest BCUT2D eigenvalue weighted by molar-refractivity contribution is 5.27. The standard InChI is InChI=1S/C12H10F7N/c13-9-4-7(3-8(5-9)11(14,15)16)6-20-10(1-2-10)12(17,18)19/h3-5,20H,1-2,6H2. The molecule has 1 aromatic rings. The maximum Gasteiger partial charge on any atom is 0.416 e. The molecule has 1 N–H and O–H groups in total. The van der Waals surface area contributed by atoms with E-state index in [1.165, 1.54) is 0 Å². The fourth-order valence-electron chi connectivity index (χ4n) is 1.87. The molecule has 1 fully saturated rings. The molecule has 1 aliphatic carbocycles. The molecule has 1 aliphatic rings. The lowest BCUT2D eigenvalue weighted by Gasteiger charge is -2.21. The van der Waals surface area contributed by atoms with Crippen LogP contribution in [-0.2, 0) is 12.7 Å². The third kappa shape index (κ3) is 3.05. The largest absolute Gasteiger partial charge is 0.416 e. The molecule has 20 heavy (non-hydrogen) atoms. The Morgan fingerprint density at radius 3 is 2.05 bits per heavy atom. The van der Waals surface area contributed by atoms with Crippen molar-refractivity contribution in [3.63, 3.8) is 0 Å². The second kappa shape index (κ2) is 4.61. The Morgan fingerprint density at radius 1 is 1.00 bits per heavy atom. The minimum Gasteiger partial charge on any atom is -0.299 e. The molecule has 1 saturated carbocycles. The Balaban J connectivity index is 2.13. The van der Waals surface area contributed by atoms with Crippen LogP contribution in [0.2, 0.25) is 0 Å². The van der Waals surface area contributed by atoms with Gasteiger partial charge in [-0.3, -0.25) is 5.32 Å². The van der Waals surface area contributed by atoms with Gasteiger partial charge in [0.25, 0.3) is 0 Å². The summed E-state index contributed by atoms with van der Waals surface area (Å²) >= 11 is 0.